The van der Waals surface area contributed by atoms with E-state index in [0.29, 0.717) is 0 Å². The average Bonchev–Trinajstić information content (AvgIpc) is 2.67. The lowest BCUT2D eigenvalue weighted by Gasteiger charge is -2.04. The monoisotopic (exact) mass is 272 g/mol. The number of nitrogens with zero attached hydrogens (tertiary/aromatic N) is 2. The molecular formula is C10H7BrF2N2. The molecule has 2 nitrogen and oxygen atoms in total. The van der Waals surface area contributed by atoms with E-state index in [-0.39, 0.29) is 16.6 Å². The molecule has 0 aliphatic heterocycles. The number of rotatable bonds is 2. The van der Waals surface area contributed by atoms with Crippen LogP contribution in [0.5, 0.6) is 0 Å². The summed E-state index contributed by atoms with van der Waals surface area (Å²) in [6, 6.07) is 4.02. The van der Waals surface area contributed by atoms with Gasteiger partial charge in [0.25, 0.3) is 0 Å². The third kappa shape index (κ3) is 2.23. The van der Waals surface area contributed by atoms with Crippen LogP contribution in [0.25, 0.3) is 0 Å². The Labute approximate surface area is 93.7 Å². The van der Waals surface area contributed by atoms with Gasteiger partial charge in [0.15, 0.2) is 0 Å². The highest BCUT2D eigenvalue weighted by Crippen LogP contribution is 2.20. The summed E-state index contributed by atoms with van der Waals surface area (Å²) in [7, 11) is 0. The van der Waals surface area contributed by atoms with Crippen LogP contribution in [0.15, 0.2) is 35.1 Å². The quantitative estimate of drug-likeness (QED) is 0.769. The van der Waals surface area contributed by atoms with Crippen LogP contribution in [0.1, 0.15) is 5.56 Å². The molecular weight excluding hydrogens is 266 g/mol. The van der Waals surface area contributed by atoms with Crippen molar-refractivity contribution in [2.45, 2.75) is 6.54 Å². The van der Waals surface area contributed by atoms with Gasteiger partial charge in [-0.25, -0.2) is 8.78 Å². The molecule has 0 saturated carbocycles. The topological polar surface area (TPSA) is 17.8 Å². The second-order valence-electron chi connectivity index (χ2n) is 3.06. The van der Waals surface area contributed by atoms with E-state index in [1.807, 2.05) is 0 Å². The van der Waals surface area contributed by atoms with Gasteiger partial charge < -0.3 is 0 Å². The molecule has 0 fully saturated rings. The Balaban J connectivity index is 2.33. The molecule has 0 saturated heterocycles. The van der Waals surface area contributed by atoms with Crippen molar-refractivity contribution in [3.8, 4) is 0 Å². The van der Waals surface area contributed by atoms with Gasteiger partial charge in [0.2, 0.25) is 0 Å². The first-order valence-electron chi connectivity index (χ1n) is 4.27. The molecule has 1 aromatic heterocycles. The van der Waals surface area contributed by atoms with Gasteiger partial charge in [0, 0.05) is 18.0 Å². The summed E-state index contributed by atoms with van der Waals surface area (Å²) in [6.07, 6.45) is 3.28. The minimum absolute atomic E-state index is 0.129. The Morgan fingerprint density at radius 3 is 2.73 bits per heavy atom. The Morgan fingerprint density at radius 2 is 2.07 bits per heavy atom. The summed E-state index contributed by atoms with van der Waals surface area (Å²) in [5, 5.41) is 3.92. The first-order valence-corrected chi connectivity index (χ1v) is 5.07. The van der Waals surface area contributed by atoms with Gasteiger partial charge in [-0.2, -0.15) is 5.10 Å². The minimum atomic E-state index is -0.474. The molecule has 2 aromatic rings. The Bertz CT molecular complexity index is 469. The zero-order chi connectivity index (χ0) is 10.8. The summed E-state index contributed by atoms with van der Waals surface area (Å²) in [5.41, 5.74) is 0.277. The summed E-state index contributed by atoms with van der Waals surface area (Å²) >= 11 is 2.92. The van der Waals surface area contributed by atoms with E-state index in [9.17, 15) is 8.78 Å². The van der Waals surface area contributed by atoms with Crippen LogP contribution in [0.2, 0.25) is 0 Å². The Hall–Kier alpha value is -1.23. The van der Waals surface area contributed by atoms with Crippen LogP contribution in [0, 0.1) is 11.6 Å². The van der Waals surface area contributed by atoms with Crippen LogP contribution >= 0.6 is 15.9 Å². The Morgan fingerprint density at radius 1 is 1.27 bits per heavy atom. The largest absolute Gasteiger partial charge is 0.268 e. The van der Waals surface area contributed by atoms with Crippen molar-refractivity contribution >= 4 is 15.9 Å². The van der Waals surface area contributed by atoms with Crippen molar-refractivity contribution in [1.29, 1.82) is 0 Å². The first-order chi connectivity index (χ1) is 7.16. The highest BCUT2D eigenvalue weighted by atomic mass is 79.9. The van der Waals surface area contributed by atoms with E-state index in [0.717, 1.165) is 6.07 Å². The number of benzene rings is 1. The maximum Gasteiger partial charge on any atom is 0.137 e. The molecule has 0 unspecified atom stereocenters. The van der Waals surface area contributed by atoms with Gasteiger partial charge in [-0.1, -0.05) is 0 Å². The highest BCUT2D eigenvalue weighted by Gasteiger charge is 2.08. The van der Waals surface area contributed by atoms with E-state index in [1.54, 1.807) is 18.5 Å². The maximum absolute atomic E-state index is 13.4. The maximum atomic E-state index is 13.4. The van der Waals surface area contributed by atoms with E-state index in [2.05, 4.69) is 21.0 Å². The van der Waals surface area contributed by atoms with Gasteiger partial charge in [-0.05, 0) is 34.1 Å². The molecule has 0 bridgehead atoms. The number of hydrogen-bond acceptors (Lipinski definition) is 1. The summed E-state index contributed by atoms with van der Waals surface area (Å²) in [4.78, 5) is 0. The third-order valence-electron chi connectivity index (χ3n) is 1.98. The van der Waals surface area contributed by atoms with E-state index >= 15 is 0 Å². The molecule has 0 radical (unpaired) electrons. The number of aromatic nitrogens is 2. The second kappa shape index (κ2) is 4.10. The molecule has 0 N–H and O–H groups in total. The predicted molar refractivity (Wildman–Crippen MR) is 55.4 cm³/mol. The van der Waals surface area contributed by atoms with E-state index in [4.69, 9.17) is 0 Å². The van der Waals surface area contributed by atoms with Crippen molar-refractivity contribution in [3.63, 3.8) is 0 Å². The van der Waals surface area contributed by atoms with Crippen molar-refractivity contribution < 1.29 is 8.78 Å². The lowest BCUT2D eigenvalue weighted by molar-refractivity contribution is 0.563. The second-order valence-corrected chi connectivity index (χ2v) is 3.92. The molecule has 1 aromatic carbocycles. The van der Waals surface area contributed by atoms with Gasteiger partial charge >= 0.3 is 0 Å². The highest BCUT2D eigenvalue weighted by molar-refractivity contribution is 9.10. The van der Waals surface area contributed by atoms with Gasteiger partial charge in [0.05, 0.1) is 11.0 Å². The van der Waals surface area contributed by atoms with Gasteiger partial charge in [-0.3, -0.25) is 4.68 Å². The molecule has 2 rings (SSSR count). The molecule has 1 heterocycles. The fraction of sp³-hybridized carbons (Fsp3) is 0.100. The molecule has 15 heavy (non-hydrogen) atoms. The Kier molecular flexibility index (Phi) is 2.81. The first kappa shape index (κ1) is 10.3. The number of hydrogen-bond donors (Lipinski definition) is 0. The third-order valence-corrected chi connectivity index (χ3v) is 2.59. The molecule has 0 aliphatic carbocycles. The molecule has 5 heteroatoms. The van der Waals surface area contributed by atoms with Crippen molar-refractivity contribution in [3.05, 3.63) is 52.3 Å². The number of halogens is 3. The lowest BCUT2D eigenvalue weighted by Crippen LogP contribution is -2.03. The van der Waals surface area contributed by atoms with Crippen molar-refractivity contribution in [2.75, 3.05) is 0 Å². The lowest BCUT2D eigenvalue weighted by atomic mass is 10.2. The SMILES string of the molecule is Fc1cc(Cn2cccn2)c(F)cc1Br. The fourth-order valence-electron chi connectivity index (χ4n) is 1.25. The standard InChI is InChI=1S/C10H7BrF2N2/c11-8-5-9(12)7(4-10(8)13)6-15-3-1-2-14-15/h1-5H,6H2. The van der Waals surface area contributed by atoms with E-state index < -0.39 is 11.6 Å². The average molecular weight is 273 g/mol. The zero-order valence-corrected chi connectivity index (χ0v) is 9.21. The molecule has 0 atom stereocenters. The summed E-state index contributed by atoms with van der Waals surface area (Å²) in [6.45, 7) is 0.225. The molecule has 0 aliphatic rings. The summed E-state index contributed by atoms with van der Waals surface area (Å²) in [5.74, 6) is -0.919. The molecule has 0 amide bonds. The van der Waals surface area contributed by atoms with Crippen LogP contribution < -0.4 is 0 Å². The van der Waals surface area contributed by atoms with Gasteiger partial charge in [0.1, 0.15) is 11.6 Å². The fourth-order valence-corrected chi connectivity index (χ4v) is 1.57. The van der Waals surface area contributed by atoms with Crippen LogP contribution in [-0.4, -0.2) is 9.78 Å². The predicted octanol–water partition coefficient (Wildman–Crippen LogP) is 2.97. The van der Waals surface area contributed by atoms with Crippen molar-refractivity contribution in [1.82, 2.24) is 9.78 Å². The van der Waals surface area contributed by atoms with Crippen molar-refractivity contribution in [2.24, 2.45) is 0 Å². The van der Waals surface area contributed by atoms with Crippen LogP contribution in [0.4, 0.5) is 8.78 Å². The summed E-state index contributed by atoms with van der Waals surface area (Å²) < 4.78 is 28.2. The van der Waals surface area contributed by atoms with E-state index in [1.165, 1.54) is 10.7 Å². The van der Waals surface area contributed by atoms with Gasteiger partial charge in [-0.15, -0.1) is 0 Å². The van der Waals surface area contributed by atoms with Crippen LogP contribution in [0.3, 0.4) is 0 Å². The normalized spacial score (nSPS) is 10.6. The van der Waals surface area contributed by atoms with Crippen LogP contribution in [-0.2, 0) is 6.54 Å². The smallest absolute Gasteiger partial charge is 0.137 e. The molecule has 78 valence electrons. The zero-order valence-electron chi connectivity index (χ0n) is 7.62. The molecule has 0 spiro atoms. The minimum Gasteiger partial charge on any atom is -0.268 e.